The first-order chi connectivity index (χ1) is 18.9. The predicted octanol–water partition coefficient (Wildman–Crippen LogP) is 4.35. The molecular weight excluding hydrogens is 501 g/mol. The van der Waals surface area contributed by atoms with Crippen LogP contribution in [0.15, 0.2) is 30.7 Å². The standard InChI is InChI=1S/C27H38FN9O2/c1-4-5-11-38-12-13-39-24-9-8-19(15-23(24)37-18-30-34-35-37)32-26-29-17-22(28)25(33-26)31-20-14-21-7-6-10-36(21)27(2,3)16-20/h8-9,15,17-18,20-21H,4-7,10-14,16H2,1-3H3,(H2,29,31,32,33). The van der Waals surface area contributed by atoms with Gasteiger partial charge in [-0.05, 0) is 81.1 Å². The average molecular weight is 540 g/mol. The summed E-state index contributed by atoms with van der Waals surface area (Å²) in [5.74, 6) is 0.641. The van der Waals surface area contributed by atoms with Gasteiger partial charge < -0.3 is 20.1 Å². The number of nitrogens with zero attached hydrogens (tertiary/aromatic N) is 7. The Morgan fingerprint density at radius 1 is 1.21 bits per heavy atom. The third-order valence-corrected chi connectivity index (χ3v) is 7.48. The number of rotatable bonds is 12. The first-order valence-electron chi connectivity index (χ1n) is 13.8. The fourth-order valence-electron chi connectivity index (χ4n) is 5.70. The summed E-state index contributed by atoms with van der Waals surface area (Å²) in [6, 6.07) is 6.18. The number of benzene rings is 1. The molecule has 1 aromatic carbocycles. The average Bonchev–Trinajstić information content (AvgIpc) is 3.61. The smallest absolute Gasteiger partial charge is 0.229 e. The SMILES string of the molecule is CCCCOCCOc1ccc(Nc2ncc(F)c(NC3CC4CCCN4C(C)(C)C3)n2)cc1-n1cnnn1. The largest absolute Gasteiger partial charge is 0.489 e. The lowest BCUT2D eigenvalue weighted by molar-refractivity contribution is 0.0500. The van der Waals surface area contributed by atoms with Crippen molar-refractivity contribution in [2.45, 2.75) is 76.9 Å². The zero-order valence-electron chi connectivity index (χ0n) is 22.9. The van der Waals surface area contributed by atoms with Crippen LogP contribution in [0, 0.1) is 5.82 Å². The molecule has 0 saturated carbocycles. The molecule has 0 radical (unpaired) electrons. The Hall–Kier alpha value is -3.38. The van der Waals surface area contributed by atoms with Crippen LogP contribution in [0.1, 0.15) is 59.3 Å². The van der Waals surface area contributed by atoms with Gasteiger partial charge in [0.2, 0.25) is 5.95 Å². The minimum Gasteiger partial charge on any atom is -0.489 e. The quantitative estimate of drug-likeness (QED) is 0.322. The highest BCUT2D eigenvalue weighted by Crippen LogP contribution is 2.38. The molecule has 2 atom stereocenters. The van der Waals surface area contributed by atoms with Crippen LogP contribution in [0.5, 0.6) is 5.75 Å². The molecule has 2 saturated heterocycles. The van der Waals surface area contributed by atoms with Gasteiger partial charge in [-0.15, -0.1) is 5.10 Å². The molecule has 210 valence electrons. The van der Waals surface area contributed by atoms with E-state index in [1.807, 2.05) is 18.2 Å². The molecule has 2 N–H and O–H groups in total. The van der Waals surface area contributed by atoms with Crippen molar-refractivity contribution in [3.8, 4) is 11.4 Å². The highest BCUT2D eigenvalue weighted by atomic mass is 19.1. The van der Waals surface area contributed by atoms with E-state index in [0.29, 0.717) is 43.0 Å². The number of hydrogen-bond donors (Lipinski definition) is 2. The summed E-state index contributed by atoms with van der Waals surface area (Å²) >= 11 is 0. The lowest BCUT2D eigenvalue weighted by Gasteiger charge is -2.47. The predicted molar refractivity (Wildman–Crippen MR) is 146 cm³/mol. The van der Waals surface area contributed by atoms with Crippen molar-refractivity contribution in [2.75, 3.05) is 37.0 Å². The van der Waals surface area contributed by atoms with Gasteiger partial charge in [0.05, 0.1) is 12.8 Å². The molecule has 0 bridgehead atoms. The molecule has 3 aromatic rings. The van der Waals surface area contributed by atoms with Crippen molar-refractivity contribution < 1.29 is 13.9 Å². The van der Waals surface area contributed by atoms with Crippen LogP contribution in [-0.2, 0) is 4.74 Å². The molecular formula is C27H38FN9O2. The summed E-state index contributed by atoms with van der Waals surface area (Å²) in [6.07, 6.45) is 9.13. The molecule has 0 spiro atoms. The normalized spacial score (nSPS) is 20.5. The lowest BCUT2D eigenvalue weighted by Crippen LogP contribution is -2.55. The van der Waals surface area contributed by atoms with E-state index in [0.717, 1.165) is 32.2 Å². The van der Waals surface area contributed by atoms with Gasteiger partial charge in [-0.2, -0.15) is 9.67 Å². The molecule has 39 heavy (non-hydrogen) atoms. The van der Waals surface area contributed by atoms with Gasteiger partial charge in [-0.25, -0.2) is 9.37 Å². The number of tetrazole rings is 1. The summed E-state index contributed by atoms with van der Waals surface area (Å²) in [4.78, 5) is 11.2. The van der Waals surface area contributed by atoms with Gasteiger partial charge in [0.25, 0.3) is 0 Å². The Morgan fingerprint density at radius 2 is 2.10 bits per heavy atom. The van der Waals surface area contributed by atoms with E-state index in [1.54, 1.807) is 0 Å². The number of anilines is 3. The molecule has 12 heteroatoms. The summed E-state index contributed by atoms with van der Waals surface area (Å²) < 4.78 is 27.8. The zero-order chi connectivity index (χ0) is 27.2. The highest BCUT2D eigenvalue weighted by molar-refractivity contribution is 5.62. The molecule has 4 heterocycles. The monoisotopic (exact) mass is 539 g/mol. The zero-order valence-corrected chi connectivity index (χ0v) is 22.9. The molecule has 0 aliphatic carbocycles. The number of piperidine rings is 1. The van der Waals surface area contributed by atoms with Crippen molar-refractivity contribution >= 4 is 17.5 Å². The van der Waals surface area contributed by atoms with Crippen molar-refractivity contribution in [3.05, 3.63) is 36.5 Å². The number of ether oxygens (including phenoxy) is 2. The third-order valence-electron chi connectivity index (χ3n) is 7.48. The van der Waals surface area contributed by atoms with Gasteiger partial charge in [0.15, 0.2) is 11.6 Å². The fourth-order valence-corrected chi connectivity index (χ4v) is 5.70. The van der Waals surface area contributed by atoms with Crippen LogP contribution in [0.2, 0.25) is 0 Å². The molecule has 2 unspecified atom stereocenters. The van der Waals surface area contributed by atoms with Gasteiger partial charge in [-0.1, -0.05) is 13.3 Å². The summed E-state index contributed by atoms with van der Waals surface area (Å²) in [5, 5.41) is 18.1. The number of fused-ring (bicyclic) bond motifs is 1. The molecule has 2 aliphatic rings. The fraction of sp³-hybridized carbons (Fsp3) is 0.593. The summed E-state index contributed by atoms with van der Waals surface area (Å²) in [6.45, 7) is 9.43. The van der Waals surface area contributed by atoms with Crippen LogP contribution in [0.3, 0.4) is 0 Å². The molecule has 0 amide bonds. The van der Waals surface area contributed by atoms with Gasteiger partial charge in [0.1, 0.15) is 24.4 Å². The maximum atomic E-state index is 14.8. The van der Waals surface area contributed by atoms with Crippen LogP contribution in [-0.4, -0.2) is 79.1 Å². The van der Waals surface area contributed by atoms with E-state index in [9.17, 15) is 4.39 Å². The van der Waals surface area contributed by atoms with Crippen LogP contribution in [0.4, 0.5) is 21.8 Å². The number of hydrogen-bond acceptors (Lipinski definition) is 10. The lowest BCUT2D eigenvalue weighted by atomic mass is 9.84. The minimum atomic E-state index is -0.466. The Kier molecular flexibility index (Phi) is 8.51. The number of halogens is 1. The van der Waals surface area contributed by atoms with E-state index in [1.165, 1.54) is 30.0 Å². The van der Waals surface area contributed by atoms with E-state index < -0.39 is 5.82 Å². The van der Waals surface area contributed by atoms with Gasteiger partial charge >= 0.3 is 0 Å². The molecule has 5 rings (SSSR count). The Balaban J connectivity index is 1.28. The van der Waals surface area contributed by atoms with Gasteiger partial charge in [0, 0.05) is 29.9 Å². The van der Waals surface area contributed by atoms with Crippen molar-refractivity contribution in [3.63, 3.8) is 0 Å². The second kappa shape index (κ2) is 12.2. The Bertz CT molecular complexity index is 1220. The minimum absolute atomic E-state index is 0.0692. The molecule has 2 aromatic heterocycles. The molecule has 2 fully saturated rings. The maximum absolute atomic E-state index is 14.8. The first kappa shape index (κ1) is 27.2. The highest BCUT2D eigenvalue weighted by Gasteiger charge is 2.43. The second-order valence-corrected chi connectivity index (χ2v) is 10.8. The first-order valence-corrected chi connectivity index (χ1v) is 13.8. The van der Waals surface area contributed by atoms with E-state index in [-0.39, 0.29) is 23.3 Å². The summed E-state index contributed by atoms with van der Waals surface area (Å²) in [7, 11) is 0. The van der Waals surface area contributed by atoms with Gasteiger partial charge in [-0.3, -0.25) is 4.90 Å². The number of nitrogens with one attached hydrogen (secondary N) is 2. The van der Waals surface area contributed by atoms with E-state index in [4.69, 9.17) is 9.47 Å². The number of aromatic nitrogens is 6. The van der Waals surface area contributed by atoms with Crippen molar-refractivity contribution in [1.82, 2.24) is 35.1 Å². The van der Waals surface area contributed by atoms with Crippen LogP contribution >= 0.6 is 0 Å². The second-order valence-electron chi connectivity index (χ2n) is 10.8. The van der Waals surface area contributed by atoms with Crippen molar-refractivity contribution in [1.29, 1.82) is 0 Å². The topological polar surface area (TPSA) is 115 Å². The Morgan fingerprint density at radius 3 is 2.92 bits per heavy atom. The summed E-state index contributed by atoms with van der Waals surface area (Å²) in [5.41, 5.74) is 1.40. The van der Waals surface area contributed by atoms with Crippen molar-refractivity contribution in [2.24, 2.45) is 0 Å². The molecule has 11 nitrogen and oxygen atoms in total. The third kappa shape index (κ3) is 6.62. The van der Waals surface area contributed by atoms with E-state index in [2.05, 4.69) is 61.8 Å². The van der Waals surface area contributed by atoms with Crippen LogP contribution < -0.4 is 15.4 Å². The van der Waals surface area contributed by atoms with Crippen LogP contribution in [0.25, 0.3) is 5.69 Å². The Labute approximate surface area is 228 Å². The number of unbranched alkanes of at least 4 members (excludes halogenated alkanes) is 1. The molecule has 2 aliphatic heterocycles. The van der Waals surface area contributed by atoms with E-state index >= 15 is 0 Å². The maximum Gasteiger partial charge on any atom is 0.229 e.